The maximum atomic E-state index is 12.0. The van der Waals surface area contributed by atoms with Crippen LogP contribution in [0.2, 0.25) is 0 Å². The highest BCUT2D eigenvalue weighted by Gasteiger charge is 2.36. The van der Waals surface area contributed by atoms with E-state index in [9.17, 15) is 9.90 Å². The second-order valence-corrected chi connectivity index (χ2v) is 4.72. The molecule has 4 heteroatoms. The second kappa shape index (κ2) is 4.49. The zero-order valence-electron chi connectivity index (χ0n) is 9.06. The first kappa shape index (κ1) is 10.9. The van der Waals surface area contributed by atoms with Gasteiger partial charge in [-0.15, -0.1) is 0 Å². The third-order valence-electron chi connectivity index (χ3n) is 3.70. The topological polar surface area (TPSA) is 66.6 Å². The van der Waals surface area contributed by atoms with Gasteiger partial charge in [-0.3, -0.25) is 4.79 Å². The molecule has 1 saturated heterocycles. The number of hydrogen-bond acceptors (Lipinski definition) is 3. The van der Waals surface area contributed by atoms with E-state index in [1.165, 1.54) is 0 Å². The van der Waals surface area contributed by atoms with E-state index >= 15 is 0 Å². The maximum Gasteiger partial charge on any atom is 0.239 e. The molecule has 0 spiro atoms. The van der Waals surface area contributed by atoms with Crippen LogP contribution in [0.4, 0.5) is 0 Å². The highest BCUT2D eigenvalue weighted by molar-refractivity contribution is 5.82. The molecule has 1 heterocycles. The lowest BCUT2D eigenvalue weighted by Gasteiger charge is -2.26. The van der Waals surface area contributed by atoms with E-state index in [2.05, 4.69) is 0 Å². The van der Waals surface area contributed by atoms with Gasteiger partial charge in [-0.25, -0.2) is 0 Å². The van der Waals surface area contributed by atoms with Crippen LogP contribution in [0.25, 0.3) is 0 Å². The van der Waals surface area contributed by atoms with Crippen molar-refractivity contribution in [3.8, 4) is 0 Å². The summed E-state index contributed by atoms with van der Waals surface area (Å²) in [5.41, 5.74) is 5.94. The van der Waals surface area contributed by atoms with Crippen molar-refractivity contribution in [1.82, 2.24) is 4.90 Å². The Kier molecular flexibility index (Phi) is 3.26. The number of likely N-dealkylation sites (tertiary alicyclic amines) is 1. The first-order valence-electron chi connectivity index (χ1n) is 5.92. The number of aliphatic hydroxyl groups excluding tert-OH is 1. The van der Waals surface area contributed by atoms with Crippen molar-refractivity contribution in [2.24, 2.45) is 11.7 Å². The third-order valence-corrected chi connectivity index (χ3v) is 3.70. The van der Waals surface area contributed by atoms with E-state index < -0.39 is 6.04 Å². The smallest absolute Gasteiger partial charge is 0.239 e. The molecule has 0 aromatic rings. The minimum Gasteiger partial charge on any atom is -0.393 e. The highest BCUT2D eigenvalue weighted by Crippen LogP contribution is 2.28. The molecule has 1 amide bonds. The quantitative estimate of drug-likeness (QED) is 0.682. The summed E-state index contributed by atoms with van der Waals surface area (Å²) in [5.74, 6) is 0.0246. The average molecular weight is 212 g/mol. The molecule has 0 unspecified atom stereocenters. The number of hydrogen-bond donors (Lipinski definition) is 2. The molecule has 2 fully saturated rings. The van der Waals surface area contributed by atoms with Gasteiger partial charge in [-0.2, -0.15) is 0 Å². The Hall–Kier alpha value is -0.610. The van der Waals surface area contributed by atoms with Crippen molar-refractivity contribution in [2.75, 3.05) is 13.1 Å². The molecule has 3 atom stereocenters. The lowest BCUT2D eigenvalue weighted by atomic mass is 9.96. The Balaban J connectivity index is 1.94. The predicted octanol–water partition coefficient (Wildman–Crippen LogP) is 0.0971. The van der Waals surface area contributed by atoms with Crippen LogP contribution in [0, 0.1) is 5.92 Å². The van der Waals surface area contributed by atoms with Crippen molar-refractivity contribution < 1.29 is 9.90 Å². The molecule has 0 aromatic heterocycles. The lowest BCUT2D eigenvalue weighted by molar-refractivity contribution is -0.133. The number of aliphatic hydroxyl groups is 1. The van der Waals surface area contributed by atoms with Crippen LogP contribution in [0.3, 0.4) is 0 Å². The largest absolute Gasteiger partial charge is 0.393 e. The van der Waals surface area contributed by atoms with Gasteiger partial charge in [0, 0.05) is 19.0 Å². The molecule has 1 aliphatic heterocycles. The van der Waals surface area contributed by atoms with E-state index in [1.54, 1.807) is 0 Å². The summed E-state index contributed by atoms with van der Waals surface area (Å²) in [5, 5.41) is 9.70. The molecule has 86 valence electrons. The zero-order valence-corrected chi connectivity index (χ0v) is 9.06. The van der Waals surface area contributed by atoms with E-state index in [1.807, 2.05) is 4.90 Å². The van der Waals surface area contributed by atoms with Crippen molar-refractivity contribution in [3.63, 3.8) is 0 Å². The Morgan fingerprint density at radius 1 is 1.27 bits per heavy atom. The average Bonchev–Trinajstić information content (AvgIpc) is 2.85. The van der Waals surface area contributed by atoms with Gasteiger partial charge in [0.15, 0.2) is 0 Å². The fourth-order valence-corrected chi connectivity index (χ4v) is 2.72. The molecular formula is C11H20N2O2. The molecule has 0 radical (unpaired) electrons. The second-order valence-electron chi connectivity index (χ2n) is 4.72. The summed E-state index contributed by atoms with van der Waals surface area (Å²) in [7, 11) is 0. The summed E-state index contributed by atoms with van der Waals surface area (Å²) >= 11 is 0. The van der Waals surface area contributed by atoms with Crippen LogP contribution in [-0.4, -0.2) is 41.1 Å². The Bertz CT molecular complexity index is 239. The normalized spacial score (nSPS) is 33.3. The van der Waals surface area contributed by atoms with Gasteiger partial charge in [-0.05, 0) is 25.7 Å². The first-order chi connectivity index (χ1) is 7.20. The standard InChI is InChI=1S/C11H20N2O2/c12-10(8-4-3-5-9(8)14)11(15)13-6-1-2-7-13/h8-10,14H,1-7,12H2/t8-,9+,10-/m0/s1. The molecular weight excluding hydrogens is 192 g/mol. The van der Waals surface area contributed by atoms with Gasteiger partial charge in [-0.1, -0.05) is 6.42 Å². The van der Waals surface area contributed by atoms with Crippen LogP contribution in [0.1, 0.15) is 32.1 Å². The molecule has 1 saturated carbocycles. The van der Waals surface area contributed by atoms with Crippen molar-refractivity contribution in [3.05, 3.63) is 0 Å². The SMILES string of the molecule is N[C@H](C(=O)N1CCCC1)[C@H]1CCC[C@H]1O. The van der Waals surface area contributed by atoms with Crippen LogP contribution < -0.4 is 5.73 Å². The van der Waals surface area contributed by atoms with E-state index in [4.69, 9.17) is 5.73 Å². The van der Waals surface area contributed by atoms with Gasteiger partial charge >= 0.3 is 0 Å². The van der Waals surface area contributed by atoms with Crippen molar-refractivity contribution >= 4 is 5.91 Å². The fourth-order valence-electron chi connectivity index (χ4n) is 2.72. The molecule has 15 heavy (non-hydrogen) atoms. The zero-order chi connectivity index (χ0) is 10.8. The number of amides is 1. The molecule has 4 nitrogen and oxygen atoms in total. The van der Waals surface area contributed by atoms with Crippen molar-refractivity contribution in [2.45, 2.75) is 44.2 Å². The first-order valence-corrected chi connectivity index (χ1v) is 5.92. The summed E-state index contributed by atoms with van der Waals surface area (Å²) in [6.45, 7) is 1.69. The third kappa shape index (κ3) is 2.16. The Labute approximate surface area is 90.4 Å². The molecule has 0 bridgehead atoms. The number of nitrogens with zero attached hydrogens (tertiary/aromatic N) is 1. The summed E-state index contributed by atoms with van der Waals surface area (Å²) < 4.78 is 0. The van der Waals surface area contributed by atoms with Crippen LogP contribution >= 0.6 is 0 Å². The van der Waals surface area contributed by atoms with E-state index in [-0.39, 0.29) is 17.9 Å². The van der Waals surface area contributed by atoms with Crippen molar-refractivity contribution in [1.29, 1.82) is 0 Å². The molecule has 2 rings (SSSR count). The minimum atomic E-state index is -0.486. The number of nitrogens with two attached hydrogens (primary N) is 1. The summed E-state index contributed by atoms with van der Waals surface area (Å²) in [6, 6.07) is -0.486. The van der Waals surface area contributed by atoms with Gasteiger partial charge in [0.2, 0.25) is 5.91 Å². The highest BCUT2D eigenvalue weighted by atomic mass is 16.3. The number of carbonyl (C=O) groups excluding carboxylic acids is 1. The molecule has 3 N–H and O–H groups in total. The number of rotatable bonds is 2. The Morgan fingerprint density at radius 2 is 1.93 bits per heavy atom. The van der Waals surface area contributed by atoms with Crippen LogP contribution in [0.5, 0.6) is 0 Å². The maximum absolute atomic E-state index is 12.0. The molecule has 1 aliphatic carbocycles. The van der Waals surface area contributed by atoms with Gasteiger partial charge < -0.3 is 15.7 Å². The fraction of sp³-hybridized carbons (Fsp3) is 0.909. The minimum absolute atomic E-state index is 0.0156. The van der Waals surface area contributed by atoms with Gasteiger partial charge in [0.25, 0.3) is 0 Å². The molecule has 0 aromatic carbocycles. The predicted molar refractivity (Wildman–Crippen MR) is 57.1 cm³/mol. The van der Waals surface area contributed by atoms with Crippen LogP contribution in [0.15, 0.2) is 0 Å². The summed E-state index contributed by atoms with van der Waals surface area (Å²) in [6.07, 6.45) is 4.49. The van der Waals surface area contributed by atoms with E-state index in [0.29, 0.717) is 0 Å². The van der Waals surface area contributed by atoms with Gasteiger partial charge in [0.05, 0.1) is 12.1 Å². The molecule has 2 aliphatic rings. The Morgan fingerprint density at radius 3 is 2.47 bits per heavy atom. The summed E-state index contributed by atoms with van der Waals surface area (Å²) in [4.78, 5) is 13.8. The van der Waals surface area contributed by atoms with Gasteiger partial charge in [0.1, 0.15) is 0 Å². The number of carbonyl (C=O) groups is 1. The lowest BCUT2D eigenvalue weighted by Crippen LogP contribution is -2.48. The monoisotopic (exact) mass is 212 g/mol. The van der Waals surface area contributed by atoms with Crippen LogP contribution in [-0.2, 0) is 4.79 Å². The van der Waals surface area contributed by atoms with E-state index in [0.717, 1.165) is 45.2 Å².